The summed E-state index contributed by atoms with van der Waals surface area (Å²) in [6.45, 7) is 0.295. The molecule has 1 aromatic heterocycles. The Labute approximate surface area is 149 Å². The summed E-state index contributed by atoms with van der Waals surface area (Å²) in [4.78, 5) is 4.12. The number of nitriles is 1. The second-order valence-corrected chi connectivity index (χ2v) is 6.80. The molecule has 0 fully saturated rings. The molecule has 8 nitrogen and oxygen atoms in total. The number of methoxy groups -OCH3 is 2. The second-order valence-electron chi connectivity index (χ2n) is 5.67. The first-order valence-corrected chi connectivity index (χ1v) is 8.42. The van der Waals surface area contributed by atoms with E-state index in [1.165, 1.54) is 18.1 Å². The highest BCUT2D eigenvalue weighted by atomic mass is 32.2. The predicted molar refractivity (Wildman–Crippen MR) is 89.3 cm³/mol. The first kappa shape index (κ1) is 17.7. The number of aliphatic hydroxyl groups excluding tert-OH is 1. The molecular formula is C16H18N4O4S. The summed E-state index contributed by atoms with van der Waals surface area (Å²) in [6.07, 6.45) is 0.446. The zero-order chi connectivity index (χ0) is 17.9. The van der Waals surface area contributed by atoms with Crippen LogP contribution in [0.5, 0.6) is 5.75 Å². The molecule has 9 heteroatoms. The molecule has 0 radical (unpaired) electrons. The van der Waals surface area contributed by atoms with Crippen molar-refractivity contribution in [1.29, 1.82) is 5.26 Å². The van der Waals surface area contributed by atoms with E-state index in [1.54, 1.807) is 32.4 Å². The summed E-state index contributed by atoms with van der Waals surface area (Å²) in [5.41, 5.74) is 0.141. The van der Waals surface area contributed by atoms with Crippen LogP contribution in [0.25, 0.3) is 0 Å². The Bertz CT molecular complexity index is 756. The summed E-state index contributed by atoms with van der Waals surface area (Å²) >= 11 is 1.32. The molecule has 132 valence electrons. The van der Waals surface area contributed by atoms with Crippen LogP contribution >= 0.6 is 11.8 Å². The van der Waals surface area contributed by atoms with Gasteiger partial charge < -0.3 is 19.3 Å². The fourth-order valence-corrected chi connectivity index (χ4v) is 4.06. The quantitative estimate of drug-likeness (QED) is 0.790. The van der Waals surface area contributed by atoms with Gasteiger partial charge in [-0.25, -0.2) is 4.98 Å². The lowest BCUT2D eigenvalue weighted by Gasteiger charge is -2.44. The van der Waals surface area contributed by atoms with Gasteiger partial charge >= 0.3 is 0 Å². The van der Waals surface area contributed by atoms with E-state index in [9.17, 15) is 10.4 Å². The molecule has 0 amide bonds. The molecule has 0 unspecified atom stereocenters. The van der Waals surface area contributed by atoms with Crippen LogP contribution in [0, 0.1) is 11.3 Å². The number of nitrogens with zero attached hydrogens (tertiary/aromatic N) is 3. The Hall–Kier alpha value is -2.12. The number of hydrogen-bond donors (Lipinski definition) is 2. The van der Waals surface area contributed by atoms with Crippen molar-refractivity contribution in [3.05, 3.63) is 35.7 Å². The zero-order valence-corrected chi connectivity index (χ0v) is 14.6. The Balaban J connectivity index is 2.07. The number of H-pyrrole nitrogens is 1. The topological polar surface area (TPSA) is 113 Å². The van der Waals surface area contributed by atoms with Gasteiger partial charge in [-0.3, -0.25) is 5.10 Å². The van der Waals surface area contributed by atoms with E-state index >= 15 is 0 Å². The van der Waals surface area contributed by atoms with Crippen molar-refractivity contribution in [2.45, 2.75) is 22.1 Å². The lowest BCUT2D eigenvalue weighted by molar-refractivity contribution is -0.136. The van der Waals surface area contributed by atoms with Gasteiger partial charge in [0.1, 0.15) is 18.2 Å². The SMILES string of the molecule is COCC1(COC)Oc2ccc(C#N)cc2[C@@H](Sc2ncn[nH]2)[C@H]1O. The van der Waals surface area contributed by atoms with Gasteiger partial charge in [0.2, 0.25) is 0 Å². The lowest BCUT2D eigenvalue weighted by atomic mass is 9.88. The van der Waals surface area contributed by atoms with Gasteiger partial charge in [0.15, 0.2) is 10.8 Å². The van der Waals surface area contributed by atoms with Crippen molar-refractivity contribution in [3.63, 3.8) is 0 Å². The van der Waals surface area contributed by atoms with E-state index in [1.807, 2.05) is 0 Å². The van der Waals surface area contributed by atoms with Crippen molar-refractivity contribution in [1.82, 2.24) is 15.2 Å². The van der Waals surface area contributed by atoms with E-state index in [0.29, 0.717) is 16.5 Å². The average Bonchev–Trinajstić information content (AvgIpc) is 3.12. The number of benzene rings is 1. The van der Waals surface area contributed by atoms with Crippen LogP contribution < -0.4 is 4.74 Å². The third-order valence-electron chi connectivity index (χ3n) is 3.99. The molecule has 2 N–H and O–H groups in total. The molecular weight excluding hydrogens is 344 g/mol. The van der Waals surface area contributed by atoms with Crippen molar-refractivity contribution in [2.75, 3.05) is 27.4 Å². The molecule has 2 atom stereocenters. The maximum absolute atomic E-state index is 11.1. The van der Waals surface area contributed by atoms with Crippen LogP contribution in [0.2, 0.25) is 0 Å². The molecule has 0 spiro atoms. The first-order valence-electron chi connectivity index (χ1n) is 7.54. The third-order valence-corrected chi connectivity index (χ3v) is 5.18. The number of hydrogen-bond acceptors (Lipinski definition) is 8. The van der Waals surface area contributed by atoms with Crippen LogP contribution in [0.4, 0.5) is 0 Å². The minimum atomic E-state index is -1.07. The number of aliphatic hydroxyl groups is 1. The van der Waals surface area contributed by atoms with Gasteiger partial charge in [-0.2, -0.15) is 10.4 Å². The Morgan fingerprint density at radius 2 is 2.16 bits per heavy atom. The predicted octanol–water partition coefficient (Wildman–Crippen LogP) is 1.29. The minimum absolute atomic E-state index is 0.148. The Morgan fingerprint density at radius 1 is 1.40 bits per heavy atom. The van der Waals surface area contributed by atoms with Crippen LogP contribution in [0.1, 0.15) is 16.4 Å². The number of fused-ring (bicyclic) bond motifs is 1. The van der Waals surface area contributed by atoms with E-state index in [0.717, 1.165) is 5.56 Å². The fraction of sp³-hybridized carbons (Fsp3) is 0.438. The summed E-state index contributed by atoms with van der Waals surface area (Å²) in [7, 11) is 3.08. The lowest BCUT2D eigenvalue weighted by Crippen LogP contribution is -2.58. The summed E-state index contributed by atoms with van der Waals surface area (Å²) in [6, 6.07) is 7.24. The molecule has 1 aliphatic rings. The van der Waals surface area contributed by atoms with E-state index < -0.39 is 17.0 Å². The molecule has 25 heavy (non-hydrogen) atoms. The molecule has 2 heterocycles. The summed E-state index contributed by atoms with van der Waals surface area (Å²) in [5.74, 6) is 0.579. The van der Waals surface area contributed by atoms with Crippen molar-refractivity contribution in [3.8, 4) is 11.8 Å². The monoisotopic (exact) mass is 362 g/mol. The number of nitrogens with one attached hydrogen (secondary N) is 1. The van der Waals surface area contributed by atoms with Crippen LogP contribution in [0.15, 0.2) is 29.7 Å². The number of thioether (sulfide) groups is 1. The highest BCUT2D eigenvalue weighted by Crippen LogP contribution is 2.48. The molecule has 1 aliphatic heterocycles. The maximum Gasteiger partial charge on any atom is 0.184 e. The molecule has 3 rings (SSSR count). The largest absolute Gasteiger partial charge is 0.479 e. The van der Waals surface area contributed by atoms with Crippen LogP contribution in [0.3, 0.4) is 0 Å². The number of aromatic amines is 1. The standard InChI is InChI=1S/C16H18N4O4S/c1-22-7-16(8-23-2)14(21)13(25-15-18-9-19-20-15)11-5-10(6-17)3-4-12(11)24-16/h3-5,9,13-14,21H,7-8H2,1-2H3,(H,18,19,20)/t13-,14-/m1/s1. The van der Waals surface area contributed by atoms with Crippen molar-refractivity contribution in [2.24, 2.45) is 0 Å². The van der Waals surface area contributed by atoms with Gasteiger partial charge in [-0.15, -0.1) is 0 Å². The van der Waals surface area contributed by atoms with Gasteiger partial charge in [0, 0.05) is 19.8 Å². The number of rotatable bonds is 6. The van der Waals surface area contributed by atoms with E-state index in [-0.39, 0.29) is 13.2 Å². The van der Waals surface area contributed by atoms with Crippen LogP contribution in [-0.4, -0.2) is 59.4 Å². The highest BCUT2D eigenvalue weighted by molar-refractivity contribution is 7.99. The number of aromatic nitrogens is 3. The van der Waals surface area contributed by atoms with E-state index in [2.05, 4.69) is 21.3 Å². The van der Waals surface area contributed by atoms with Gasteiger partial charge in [-0.1, -0.05) is 11.8 Å². The van der Waals surface area contributed by atoms with Crippen molar-refractivity contribution >= 4 is 11.8 Å². The minimum Gasteiger partial charge on any atom is -0.479 e. The molecule has 0 bridgehead atoms. The smallest absolute Gasteiger partial charge is 0.184 e. The third kappa shape index (κ3) is 3.34. The molecule has 2 aromatic rings. The molecule has 1 aromatic carbocycles. The Kier molecular flexibility index (Phi) is 5.24. The van der Waals surface area contributed by atoms with E-state index in [4.69, 9.17) is 14.2 Å². The maximum atomic E-state index is 11.1. The normalized spacial score (nSPS) is 21.2. The zero-order valence-electron chi connectivity index (χ0n) is 13.8. The fourth-order valence-electron chi connectivity index (χ4n) is 2.92. The highest BCUT2D eigenvalue weighted by Gasteiger charge is 2.50. The average molecular weight is 362 g/mol. The number of ether oxygens (including phenoxy) is 3. The molecule has 0 aliphatic carbocycles. The van der Waals surface area contributed by atoms with Gasteiger partial charge in [0.25, 0.3) is 0 Å². The van der Waals surface area contributed by atoms with Crippen LogP contribution in [-0.2, 0) is 9.47 Å². The van der Waals surface area contributed by atoms with Gasteiger partial charge in [0.05, 0.1) is 30.1 Å². The second kappa shape index (κ2) is 7.41. The molecule has 0 saturated carbocycles. The summed E-state index contributed by atoms with van der Waals surface area (Å²) < 4.78 is 16.7. The van der Waals surface area contributed by atoms with Crippen molar-refractivity contribution < 1.29 is 19.3 Å². The summed E-state index contributed by atoms with van der Waals surface area (Å²) in [5, 5.41) is 27.0. The first-order chi connectivity index (χ1) is 12.1. The Morgan fingerprint density at radius 3 is 2.76 bits per heavy atom. The van der Waals surface area contributed by atoms with Gasteiger partial charge in [-0.05, 0) is 18.2 Å². The molecule has 0 saturated heterocycles.